The highest BCUT2D eigenvalue weighted by molar-refractivity contribution is 6.38. The van der Waals surface area contributed by atoms with Crippen molar-refractivity contribution < 1.29 is 28.3 Å². The van der Waals surface area contributed by atoms with Crippen LogP contribution in [0.5, 0.6) is 0 Å². The summed E-state index contributed by atoms with van der Waals surface area (Å²) >= 11 is 12.5. The second-order valence-corrected chi connectivity index (χ2v) is 12.5. The smallest absolute Gasteiger partial charge is 0.310 e. The molecule has 0 bridgehead atoms. The van der Waals surface area contributed by atoms with Gasteiger partial charge in [-0.1, -0.05) is 68.2 Å². The Hall–Kier alpha value is -2.75. The Morgan fingerprint density at radius 2 is 1.85 bits per heavy atom. The van der Waals surface area contributed by atoms with Crippen molar-refractivity contribution in [3.63, 3.8) is 0 Å². The normalized spacial score (nSPS) is 27.4. The lowest BCUT2D eigenvalue weighted by Gasteiger charge is -2.35. The molecule has 0 aliphatic carbocycles. The number of halogens is 4. The molecule has 2 aromatic carbocycles. The van der Waals surface area contributed by atoms with Crippen LogP contribution in [0, 0.1) is 11.8 Å². The highest BCUT2D eigenvalue weighted by Gasteiger charge is 2.74. The Kier molecular flexibility index (Phi) is 6.72. The van der Waals surface area contributed by atoms with E-state index in [4.69, 9.17) is 23.2 Å². The lowest BCUT2D eigenvalue weighted by molar-refractivity contribution is -0.153. The lowest BCUT2D eigenvalue weighted by Crippen LogP contribution is -2.54. The summed E-state index contributed by atoms with van der Waals surface area (Å²) in [5, 5.41) is 15.9. The molecule has 0 aromatic heterocycles. The molecule has 4 atom stereocenters. The van der Waals surface area contributed by atoms with E-state index in [9.17, 15) is 28.3 Å². The third-order valence-electron chi connectivity index (χ3n) is 8.14. The Labute approximate surface area is 234 Å². The van der Waals surface area contributed by atoms with Crippen LogP contribution in [-0.4, -0.2) is 52.8 Å². The SMILES string of the molecule is CC(C)(C)c1ccc(CCNC(=O)C2C3CC(F)(F)CN3C3(C(=O)Nc4c(Cl)cc(Cl)cc43)C2C(=O)O)cc1. The molecule has 3 aliphatic heterocycles. The standard InChI is InChI=1S/C28H29Cl2F2N3O4/c1-26(2,3)15-6-4-14(5-7-15)8-9-33-23(36)20-19-12-27(31,32)13-35(19)28(21(20)24(37)38)17-10-16(29)11-18(30)22(17)34-25(28)39/h4-7,10-11,19-21H,8-9,12-13H2,1-3H3,(H,33,36)(H,34,39)(H,37,38). The number of carbonyl (C=O) groups is 3. The van der Waals surface area contributed by atoms with Crippen LogP contribution in [0.2, 0.25) is 10.0 Å². The van der Waals surface area contributed by atoms with Crippen LogP contribution in [0.1, 0.15) is 43.9 Å². The molecule has 11 heteroatoms. The first kappa shape index (κ1) is 27.8. The first-order valence-electron chi connectivity index (χ1n) is 12.7. The van der Waals surface area contributed by atoms with Crippen molar-refractivity contribution in [2.45, 2.75) is 56.5 Å². The zero-order chi connectivity index (χ0) is 28.5. The number of alkyl halides is 2. The molecule has 7 nitrogen and oxygen atoms in total. The number of benzene rings is 2. The molecule has 5 rings (SSSR count). The molecule has 3 heterocycles. The highest BCUT2D eigenvalue weighted by Crippen LogP contribution is 2.60. The third-order valence-corrected chi connectivity index (χ3v) is 8.65. The second kappa shape index (κ2) is 9.42. The minimum Gasteiger partial charge on any atom is -0.481 e. The van der Waals surface area contributed by atoms with E-state index < -0.39 is 60.1 Å². The van der Waals surface area contributed by atoms with E-state index in [-0.39, 0.29) is 33.3 Å². The van der Waals surface area contributed by atoms with Crippen LogP contribution < -0.4 is 10.6 Å². The van der Waals surface area contributed by atoms with Gasteiger partial charge in [0.05, 0.1) is 23.2 Å². The minimum atomic E-state index is -3.22. The molecule has 0 saturated carbocycles. The molecule has 4 unspecified atom stereocenters. The maximum atomic E-state index is 14.8. The van der Waals surface area contributed by atoms with Crippen molar-refractivity contribution in [2.75, 3.05) is 18.4 Å². The van der Waals surface area contributed by atoms with Gasteiger partial charge in [0.15, 0.2) is 0 Å². The van der Waals surface area contributed by atoms with E-state index in [1.54, 1.807) is 0 Å². The molecule has 3 aliphatic rings. The third kappa shape index (κ3) is 4.48. The summed E-state index contributed by atoms with van der Waals surface area (Å²) in [4.78, 5) is 41.0. The average Bonchev–Trinajstić information content (AvgIpc) is 3.39. The van der Waals surface area contributed by atoms with Gasteiger partial charge >= 0.3 is 5.97 Å². The van der Waals surface area contributed by atoms with Crippen LogP contribution in [0.4, 0.5) is 14.5 Å². The van der Waals surface area contributed by atoms with Crippen LogP contribution in [-0.2, 0) is 31.8 Å². The number of carbonyl (C=O) groups excluding carboxylic acids is 2. The molecule has 0 radical (unpaired) electrons. The van der Waals surface area contributed by atoms with Gasteiger partial charge in [0.2, 0.25) is 5.91 Å². The number of amides is 2. The number of carboxylic acids is 1. The van der Waals surface area contributed by atoms with Gasteiger partial charge in [0.25, 0.3) is 11.8 Å². The number of carboxylic acid groups (broad SMARTS) is 1. The summed E-state index contributed by atoms with van der Waals surface area (Å²) in [5.41, 5.74) is 0.258. The highest BCUT2D eigenvalue weighted by atomic mass is 35.5. The van der Waals surface area contributed by atoms with Gasteiger partial charge in [-0.05, 0) is 35.1 Å². The fourth-order valence-electron chi connectivity index (χ4n) is 6.42. The number of fused-ring (bicyclic) bond motifs is 4. The predicted molar refractivity (Wildman–Crippen MR) is 143 cm³/mol. The summed E-state index contributed by atoms with van der Waals surface area (Å²) in [5.74, 6) is -9.21. The Morgan fingerprint density at radius 1 is 1.18 bits per heavy atom. The number of rotatable bonds is 5. The van der Waals surface area contributed by atoms with Crippen LogP contribution in [0.15, 0.2) is 36.4 Å². The van der Waals surface area contributed by atoms with Gasteiger partial charge in [0.1, 0.15) is 11.5 Å². The van der Waals surface area contributed by atoms with E-state index in [2.05, 4.69) is 31.4 Å². The van der Waals surface area contributed by atoms with E-state index in [1.807, 2.05) is 24.3 Å². The van der Waals surface area contributed by atoms with Gasteiger partial charge in [-0.25, -0.2) is 8.78 Å². The second-order valence-electron chi connectivity index (χ2n) is 11.6. The van der Waals surface area contributed by atoms with E-state index >= 15 is 0 Å². The van der Waals surface area contributed by atoms with Crippen molar-refractivity contribution in [3.05, 3.63) is 63.1 Å². The molecule has 2 saturated heterocycles. The van der Waals surface area contributed by atoms with Crippen molar-refractivity contribution in [1.29, 1.82) is 0 Å². The number of hydrogen-bond donors (Lipinski definition) is 3. The summed E-state index contributed by atoms with van der Waals surface area (Å²) in [6.07, 6.45) is -0.285. The first-order chi connectivity index (χ1) is 18.2. The Balaban J connectivity index is 1.47. The number of nitrogens with one attached hydrogen (secondary N) is 2. The van der Waals surface area contributed by atoms with E-state index in [0.29, 0.717) is 6.42 Å². The molecule has 2 aromatic rings. The molecule has 1 spiro atoms. The average molecular weight is 580 g/mol. The van der Waals surface area contributed by atoms with Crippen LogP contribution >= 0.6 is 23.2 Å². The molecule has 2 amide bonds. The summed E-state index contributed by atoms with van der Waals surface area (Å²) in [6.45, 7) is 5.62. The molecule has 208 valence electrons. The Morgan fingerprint density at radius 3 is 2.46 bits per heavy atom. The summed E-state index contributed by atoms with van der Waals surface area (Å²) in [7, 11) is 0. The minimum absolute atomic E-state index is 0.00809. The number of hydrogen-bond acceptors (Lipinski definition) is 4. The molecule has 3 N–H and O–H groups in total. The van der Waals surface area contributed by atoms with Gasteiger partial charge in [-0.15, -0.1) is 0 Å². The summed E-state index contributed by atoms with van der Waals surface area (Å²) < 4.78 is 29.6. The van der Waals surface area contributed by atoms with Crippen molar-refractivity contribution in [1.82, 2.24) is 10.2 Å². The fourth-order valence-corrected chi connectivity index (χ4v) is 6.96. The maximum Gasteiger partial charge on any atom is 0.310 e. The first-order valence-corrected chi connectivity index (χ1v) is 13.5. The van der Waals surface area contributed by atoms with Crippen molar-refractivity contribution in [3.8, 4) is 0 Å². The van der Waals surface area contributed by atoms with Crippen molar-refractivity contribution in [2.24, 2.45) is 11.8 Å². The number of aliphatic carboxylic acids is 1. The molecule has 2 fully saturated rings. The topological polar surface area (TPSA) is 98.7 Å². The van der Waals surface area contributed by atoms with Gasteiger partial charge < -0.3 is 15.7 Å². The molecular weight excluding hydrogens is 551 g/mol. The van der Waals surface area contributed by atoms with Gasteiger partial charge in [-0.3, -0.25) is 19.3 Å². The van der Waals surface area contributed by atoms with Crippen molar-refractivity contribution >= 4 is 46.7 Å². The molecule has 39 heavy (non-hydrogen) atoms. The van der Waals surface area contributed by atoms with E-state index in [0.717, 1.165) is 11.1 Å². The quantitative estimate of drug-likeness (QED) is 0.471. The lowest BCUT2D eigenvalue weighted by atomic mass is 9.73. The van der Waals surface area contributed by atoms with Crippen LogP contribution in [0.25, 0.3) is 0 Å². The van der Waals surface area contributed by atoms with Gasteiger partial charge in [0, 0.05) is 29.6 Å². The van der Waals surface area contributed by atoms with E-state index in [1.165, 1.54) is 17.0 Å². The van der Waals surface area contributed by atoms with Crippen LogP contribution in [0.3, 0.4) is 0 Å². The Bertz CT molecular complexity index is 1360. The predicted octanol–water partition coefficient (Wildman–Crippen LogP) is 4.84. The summed E-state index contributed by atoms with van der Waals surface area (Å²) in [6, 6.07) is 9.52. The largest absolute Gasteiger partial charge is 0.481 e. The maximum absolute atomic E-state index is 14.8. The number of anilines is 1. The molecular formula is C28H29Cl2F2N3O4. The fraction of sp³-hybridized carbons (Fsp3) is 0.464. The van der Waals surface area contributed by atoms with Gasteiger partial charge in [-0.2, -0.15) is 0 Å². The zero-order valence-electron chi connectivity index (χ0n) is 21.7. The monoisotopic (exact) mass is 579 g/mol. The zero-order valence-corrected chi connectivity index (χ0v) is 23.2. The number of nitrogens with zero attached hydrogens (tertiary/aromatic N) is 1.